The Labute approximate surface area is 174 Å². The molecule has 2 fully saturated rings. The molecular weight excluding hydrogens is 360 g/mol. The molecule has 2 saturated heterocycles. The molecule has 2 aliphatic rings. The molecule has 5 heteroatoms. The zero-order valence-electron chi connectivity index (χ0n) is 17.2. The van der Waals surface area contributed by atoms with Gasteiger partial charge in [0.25, 0.3) is 0 Å². The molecule has 0 saturated carbocycles. The fourth-order valence-corrected chi connectivity index (χ4v) is 4.67. The fourth-order valence-electron chi connectivity index (χ4n) is 4.67. The van der Waals surface area contributed by atoms with Gasteiger partial charge in [0.15, 0.2) is 0 Å². The van der Waals surface area contributed by atoms with Gasteiger partial charge in [-0.1, -0.05) is 30.3 Å². The van der Waals surface area contributed by atoms with Crippen LogP contribution in [0.15, 0.2) is 54.9 Å². The van der Waals surface area contributed by atoms with Gasteiger partial charge in [0, 0.05) is 38.1 Å². The number of amides is 1. The number of nitrogens with one attached hydrogen (secondary N) is 1. The van der Waals surface area contributed by atoms with E-state index in [4.69, 9.17) is 0 Å². The number of hydrogen-bond donors (Lipinski definition) is 1. The Morgan fingerprint density at radius 3 is 2.48 bits per heavy atom. The summed E-state index contributed by atoms with van der Waals surface area (Å²) in [6.07, 6.45) is 8.28. The van der Waals surface area contributed by atoms with Crippen LogP contribution in [0.5, 0.6) is 0 Å². The summed E-state index contributed by atoms with van der Waals surface area (Å²) >= 11 is 0. The molecule has 1 aromatic carbocycles. The van der Waals surface area contributed by atoms with E-state index in [0.29, 0.717) is 12.6 Å². The normalized spacial score (nSPS) is 21.7. The lowest BCUT2D eigenvalue weighted by atomic mass is 9.93. The summed E-state index contributed by atoms with van der Waals surface area (Å²) in [4.78, 5) is 21.9. The third-order valence-electron chi connectivity index (χ3n) is 6.36. The molecule has 0 unspecified atom stereocenters. The molecule has 154 valence electrons. The minimum Gasteiger partial charge on any atom is -0.352 e. The topological polar surface area (TPSA) is 48.5 Å². The fraction of sp³-hybridized carbons (Fsp3) is 0.500. The first-order valence-electron chi connectivity index (χ1n) is 10.9. The van der Waals surface area contributed by atoms with Crippen LogP contribution >= 0.6 is 0 Å². The van der Waals surface area contributed by atoms with Crippen LogP contribution in [0.25, 0.3) is 0 Å². The highest BCUT2D eigenvalue weighted by molar-refractivity contribution is 5.79. The SMILES string of the molecule is O=C(NCc1ccccc1)[C@H]1CCCN(C2CCN(Cc3ccncc3)CC2)C1. The predicted octanol–water partition coefficient (Wildman–Crippen LogP) is 3.07. The minimum atomic E-state index is 0.127. The van der Waals surface area contributed by atoms with Gasteiger partial charge in [0.1, 0.15) is 0 Å². The number of rotatable bonds is 6. The summed E-state index contributed by atoms with van der Waals surface area (Å²) in [5.41, 5.74) is 2.50. The summed E-state index contributed by atoms with van der Waals surface area (Å²) in [5.74, 6) is 0.344. The molecule has 1 amide bonds. The molecule has 29 heavy (non-hydrogen) atoms. The monoisotopic (exact) mass is 392 g/mol. The van der Waals surface area contributed by atoms with E-state index in [0.717, 1.165) is 51.1 Å². The molecule has 1 aromatic heterocycles. The molecule has 0 spiro atoms. The third kappa shape index (κ3) is 5.64. The van der Waals surface area contributed by atoms with Gasteiger partial charge in [-0.3, -0.25) is 19.6 Å². The molecule has 5 nitrogen and oxygen atoms in total. The lowest BCUT2D eigenvalue weighted by molar-refractivity contribution is -0.127. The van der Waals surface area contributed by atoms with Crippen molar-refractivity contribution in [1.82, 2.24) is 20.1 Å². The van der Waals surface area contributed by atoms with Gasteiger partial charge in [-0.2, -0.15) is 0 Å². The van der Waals surface area contributed by atoms with Crippen molar-refractivity contribution in [2.45, 2.75) is 44.8 Å². The maximum absolute atomic E-state index is 12.7. The van der Waals surface area contributed by atoms with E-state index >= 15 is 0 Å². The number of nitrogens with zero attached hydrogens (tertiary/aromatic N) is 3. The molecule has 0 radical (unpaired) electrons. The first kappa shape index (κ1) is 20.0. The van der Waals surface area contributed by atoms with Gasteiger partial charge in [-0.15, -0.1) is 0 Å². The molecule has 0 aliphatic carbocycles. The average Bonchev–Trinajstić information content (AvgIpc) is 2.79. The highest BCUT2D eigenvalue weighted by Crippen LogP contribution is 2.24. The average molecular weight is 393 g/mol. The Hall–Kier alpha value is -2.24. The van der Waals surface area contributed by atoms with E-state index in [2.05, 4.69) is 44.4 Å². The van der Waals surface area contributed by atoms with E-state index in [1.807, 2.05) is 30.6 Å². The van der Waals surface area contributed by atoms with Crippen LogP contribution in [-0.2, 0) is 17.9 Å². The number of benzene rings is 1. The van der Waals surface area contributed by atoms with E-state index in [-0.39, 0.29) is 11.8 Å². The maximum Gasteiger partial charge on any atom is 0.224 e. The van der Waals surface area contributed by atoms with Crippen LogP contribution in [0, 0.1) is 5.92 Å². The van der Waals surface area contributed by atoms with E-state index in [1.165, 1.54) is 18.4 Å². The predicted molar refractivity (Wildman–Crippen MR) is 115 cm³/mol. The van der Waals surface area contributed by atoms with Crippen molar-refractivity contribution >= 4 is 5.91 Å². The second-order valence-corrected chi connectivity index (χ2v) is 8.40. The number of likely N-dealkylation sites (tertiary alicyclic amines) is 2. The van der Waals surface area contributed by atoms with Crippen LogP contribution in [0.3, 0.4) is 0 Å². The number of carbonyl (C=O) groups is 1. The van der Waals surface area contributed by atoms with Crippen LogP contribution in [-0.4, -0.2) is 52.9 Å². The van der Waals surface area contributed by atoms with Crippen molar-refractivity contribution in [2.75, 3.05) is 26.2 Å². The van der Waals surface area contributed by atoms with Crippen molar-refractivity contribution in [2.24, 2.45) is 5.92 Å². The van der Waals surface area contributed by atoms with Gasteiger partial charge >= 0.3 is 0 Å². The van der Waals surface area contributed by atoms with Crippen molar-refractivity contribution in [3.8, 4) is 0 Å². The zero-order chi connectivity index (χ0) is 19.9. The standard InChI is InChI=1S/C24H32N4O/c29-24(26-17-20-5-2-1-3-6-20)22-7-4-14-28(19-22)23-10-15-27(16-11-23)18-21-8-12-25-13-9-21/h1-3,5-6,8-9,12-13,22-23H,4,7,10-11,14-19H2,(H,26,29)/t22-/m0/s1. The van der Waals surface area contributed by atoms with Gasteiger partial charge in [0.05, 0.1) is 5.92 Å². The summed E-state index contributed by atoms with van der Waals surface area (Å²) in [6, 6.07) is 15.0. The molecule has 1 atom stereocenters. The van der Waals surface area contributed by atoms with E-state index in [1.54, 1.807) is 0 Å². The maximum atomic E-state index is 12.7. The smallest absolute Gasteiger partial charge is 0.224 e. The molecule has 1 N–H and O–H groups in total. The zero-order valence-corrected chi connectivity index (χ0v) is 17.2. The van der Waals surface area contributed by atoms with Gasteiger partial charge in [-0.05, 0) is 68.6 Å². The molecule has 3 heterocycles. The van der Waals surface area contributed by atoms with Crippen LogP contribution in [0.4, 0.5) is 0 Å². The Balaban J connectivity index is 1.23. The Bertz CT molecular complexity index is 759. The summed E-state index contributed by atoms with van der Waals surface area (Å²) < 4.78 is 0. The number of piperidine rings is 2. The highest BCUT2D eigenvalue weighted by atomic mass is 16.1. The van der Waals surface area contributed by atoms with Gasteiger partial charge in [0.2, 0.25) is 5.91 Å². The number of hydrogen-bond acceptors (Lipinski definition) is 4. The molecular formula is C24H32N4O. The molecule has 2 aromatic rings. The van der Waals surface area contributed by atoms with Crippen molar-refractivity contribution in [3.63, 3.8) is 0 Å². The van der Waals surface area contributed by atoms with Crippen LogP contribution in [0.2, 0.25) is 0 Å². The second-order valence-electron chi connectivity index (χ2n) is 8.40. The van der Waals surface area contributed by atoms with E-state index in [9.17, 15) is 4.79 Å². The van der Waals surface area contributed by atoms with Crippen LogP contribution < -0.4 is 5.32 Å². The summed E-state index contributed by atoms with van der Waals surface area (Å²) in [6.45, 7) is 5.96. The quantitative estimate of drug-likeness (QED) is 0.821. The molecule has 2 aliphatic heterocycles. The Morgan fingerprint density at radius 1 is 0.966 bits per heavy atom. The van der Waals surface area contributed by atoms with Crippen molar-refractivity contribution < 1.29 is 4.79 Å². The third-order valence-corrected chi connectivity index (χ3v) is 6.36. The summed E-state index contributed by atoms with van der Waals surface area (Å²) in [5, 5.41) is 3.15. The number of pyridine rings is 1. The Morgan fingerprint density at radius 2 is 1.72 bits per heavy atom. The van der Waals surface area contributed by atoms with Crippen molar-refractivity contribution in [1.29, 1.82) is 0 Å². The highest BCUT2D eigenvalue weighted by Gasteiger charge is 2.31. The lowest BCUT2D eigenvalue weighted by Crippen LogP contribution is -2.50. The largest absolute Gasteiger partial charge is 0.352 e. The Kier molecular flexibility index (Phi) is 6.91. The first-order chi connectivity index (χ1) is 14.3. The van der Waals surface area contributed by atoms with Gasteiger partial charge < -0.3 is 5.32 Å². The van der Waals surface area contributed by atoms with Gasteiger partial charge in [-0.25, -0.2) is 0 Å². The molecule has 0 bridgehead atoms. The second kappa shape index (κ2) is 9.99. The van der Waals surface area contributed by atoms with Crippen molar-refractivity contribution in [3.05, 3.63) is 66.0 Å². The minimum absolute atomic E-state index is 0.127. The summed E-state index contributed by atoms with van der Waals surface area (Å²) in [7, 11) is 0. The van der Waals surface area contributed by atoms with E-state index < -0.39 is 0 Å². The molecule has 4 rings (SSSR count). The number of carbonyl (C=O) groups excluding carboxylic acids is 1. The first-order valence-corrected chi connectivity index (χ1v) is 10.9. The lowest BCUT2D eigenvalue weighted by Gasteiger charge is -2.42. The van der Waals surface area contributed by atoms with Crippen LogP contribution in [0.1, 0.15) is 36.8 Å². The number of aromatic nitrogens is 1.